The number of aromatic nitrogens is 2. The molecule has 27 heavy (non-hydrogen) atoms. The zero-order chi connectivity index (χ0) is 18.8. The number of anilines is 1. The number of carbonyl (C=O) groups is 1. The van der Waals surface area contributed by atoms with E-state index in [2.05, 4.69) is 10.3 Å². The highest BCUT2D eigenvalue weighted by Gasteiger charge is 2.10. The lowest BCUT2D eigenvalue weighted by Crippen LogP contribution is -2.12. The van der Waals surface area contributed by atoms with E-state index in [0.717, 1.165) is 16.3 Å². The molecule has 2 aromatic carbocycles. The van der Waals surface area contributed by atoms with Gasteiger partial charge in [-0.1, -0.05) is 30.3 Å². The number of aryl methyl sites for hydroxylation is 2. The highest BCUT2D eigenvalue weighted by Crippen LogP contribution is 2.23. The van der Waals surface area contributed by atoms with Crippen LogP contribution in [-0.4, -0.2) is 15.5 Å². The summed E-state index contributed by atoms with van der Waals surface area (Å²) in [5.74, 6) is -0.532. The van der Waals surface area contributed by atoms with E-state index in [4.69, 9.17) is 4.42 Å². The molecule has 1 amide bonds. The molecule has 2 aromatic heterocycles. The second-order valence-electron chi connectivity index (χ2n) is 6.15. The Hall–Kier alpha value is -3.19. The molecular weight excluding hydrogens is 362 g/mol. The molecule has 2 heterocycles. The fourth-order valence-corrected chi connectivity index (χ4v) is 3.63. The minimum atomic E-state index is -0.425. The van der Waals surface area contributed by atoms with Crippen molar-refractivity contribution in [1.29, 1.82) is 0 Å². The van der Waals surface area contributed by atoms with Crippen LogP contribution in [-0.2, 0) is 18.3 Å². The van der Waals surface area contributed by atoms with Gasteiger partial charge in [-0.05, 0) is 12.1 Å². The molecule has 0 aliphatic heterocycles. The van der Waals surface area contributed by atoms with Crippen molar-refractivity contribution in [2.45, 2.75) is 12.8 Å². The van der Waals surface area contributed by atoms with Gasteiger partial charge in [-0.15, -0.1) is 11.3 Å². The van der Waals surface area contributed by atoms with Crippen LogP contribution in [0.4, 0.5) is 5.69 Å². The number of benzene rings is 2. The number of hydrogen-bond donors (Lipinski definition) is 1. The van der Waals surface area contributed by atoms with E-state index in [9.17, 15) is 9.59 Å². The van der Waals surface area contributed by atoms with Crippen molar-refractivity contribution in [3.8, 4) is 11.3 Å². The third kappa shape index (κ3) is 3.68. The standard InChI is InChI=1S/C20H17N3O3S/c1-23-16-8-7-14(11-17(16)26-20(23)25)21-18(24)9-10-19-22-15(12-27-19)13-5-3-2-4-6-13/h2-8,11-12H,9-10H2,1H3,(H,21,24). The topological polar surface area (TPSA) is 77.1 Å². The molecule has 0 atom stereocenters. The maximum absolute atomic E-state index is 12.2. The molecule has 0 aliphatic carbocycles. The van der Waals surface area contributed by atoms with Gasteiger partial charge in [0.05, 0.1) is 16.2 Å². The summed E-state index contributed by atoms with van der Waals surface area (Å²) in [7, 11) is 1.64. The van der Waals surface area contributed by atoms with E-state index in [0.29, 0.717) is 29.6 Å². The summed E-state index contributed by atoms with van der Waals surface area (Å²) in [5.41, 5.74) is 3.75. The maximum atomic E-state index is 12.2. The van der Waals surface area contributed by atoms with Crippen LogP contribution in [0.5, 0.6) is 0 Å². The molecule has 0 fully saturated rings. The van der Waals surface area contributed by atoms with Crippen LogP contribution in [0, 0.1) is 0 Å². The highest BCUT2D eigenvalue weighted by molar-refractivity contribution is 7.09. The van der Waals surface area contributed by atoms with Gasteiger partial charge in [0, 0.05) is 42.6 Å². The second kappa shape index (κ2) is 7.20. The summed E-state index contributed by atoms with van der Waals surface area (Å²) in [5, 5.41) is 5.77. The number of nitrogens with zero attached hydrogens (tertiary/aromatic N) is 2. The van der Waals surface area contributed by atoms with Crippen LogP contribution in [0.1, 0.15) is 11.4 Å². The minimum Gasteiger partial charge on any atom is -0.408 e. The summed E-state index contributed by atoms with van der Waals surface area (Å²) in [4.78, 5) is 28.4. The molecule has 4 aromatic rings. The molecule has 0 saturated carbocycles. The smallest absolute Gasteiger partial charge is 0.408 e. The molecular formula is C20H17N3O3S. The molecule has 4 rings (SSSR count). The van der Waals surface area contributed by atoms with Crippen molar-refractivity contribution >= 4 is 34.0 Å². The van der Waals surface area contributed by atoms with Gasteiger partial charge < -0.3 is 9.73 Å². The predicted octanol–water partition coefficient (Wildman–Crippen LogP) is 3.83. The van der Waals surface area contributed by atoms with E-state index >= 15 is 0 Å². The number of amides is 1. The fourth-order valence-electron chi connectivity index (χ4n) is 2.82. The molecule has 6 nitrogen and oxygen atoms in total. The summed E-state index contributed by atoms with van der Waals surface area (Å²) in [6.07, 6.45) is 0.907. The number of carbonyl (C=O) groups excluding carboxylic acids is 1. The summed E-state index contributed by atoms with van der Waals surface area (Å²) in [6.45, 7) is 0. The van der Waals surface area contributed by atoms with Gasteiger partial charge in [0.2, 0.25) is 5.91 Å². The van der Waals surface area contributed by atoms with Crippen molar-refractivity contribution in [1.82, 2.24) is 9.55 Å². The van der Waals surface area contributed by atoms with Gasteiger partial charge in [-0.3, -0.25) is 9.36 Å². The Balaban J connectivity index is 1.39. The molecule has 7 heteroatoms. The first-order valence-electron chi connectivity index (χ1n) is 8.49. The number of nitrogens with one attached hydrogen (secondary N) is 1. The Morgan fingerprint density at radius 3 is 2.85 bits per heavy atom. The predicted molar refractivity (Wildman–Crippen MR) is 106 cm³/mol. The SMILES string of the molecule is Cn1c(=O)oc2cc(NC(=O)CCc3nc(-c4ccccc4)cs3)ccc21. The van der Waals surface area contributed by atoms with Crippen molar-refractivity contribution in [3.63, 3.8) is 0 Å². The Morgan fingerprint density at radius 2 is 2.04 bits per heavy atom. The van der Waals surface area contributed by atoms with E-state index in [1.54, 1.807) is 36.6 Å². The summed E-state index contributed by atoms with van der Waals surface area (Å²) < 4.78 is 6.57. The number of fused-ring (bicyclic) bond motifs is 1. The highest BCUT2D eigenvalue weighted by atomic mass is 32.1. The number of hydrogen-bond acceptors (Lipinski definition) is 5. The van der Waals surface area contributed by atoms with Crippen LogP contribution in [0.3, 0.4) is 0 Å². The van der Waals surface area contributed by atoms with Crippen LogP contribution in [0.15, 0.2) is 63.1 Å². The first-order chi connectivity index (χ1) is 13.1. The largest absolute Gasteiger partial charge is 0.419 e. The lowest BCUT2D eigenvalue weighted by Gasteiger charge is -2.04. The molecule has 1 N–H and O–H groups in total. The fraction of sp³-hybridized carbons (Fsp3) is 0.150. The Kier molecular flexibility index (Phi) is 4.60. The zero-order valence-electron chi connectivity index (χ0n) is 14.6. The molecule has 0 spiro atoms. The van der Waals surface area contributed by atoms with Crippen LogP contribution in [0.2, 0.25) is 0 Å². The molecule has 0 bridgehead atoms. The lowest BCUT2D eigenvalue weighted by atomic mass is 10.2. The molecule has 0 saturated heterocycles. The van der Waals surface area contributed by atoms with E-state index in [-0.39, 0.29) is 5.91 Å². The third-order valence-corrected chi connectivity index (χ3v) is 5.17. The average Bonchev–Trinajstić information content (AvgIpc) is 3.26. The Bertz CT molecular complexity index is 1160. The Labute approximate surface area is 159 Å². The van der Waals surface area contributed by atoms with E-state index in [1.807, 2.05) is 35.7 Å². The third-order valence-electron chi connectivity index (χ3n) is 4.26. The van der Waals surface area contributed by atoms with E-state index < -0.39 is 5.76 Å². The van der Waals surface area contributed by atoms with Crippen LogP contribution >= 0.6 is 11.3 Å². The molecule has 0 aliphatic rings. The summed E-state index contributed by atoms with van der Waals surface area (Å²) in [6, 6.07) is 15.1. The van der Waals surface area contributed by atoms with Crippen molar-refractivity contribution in [2.75, 3.05) is 5.32 Å². The average molecular weight is 379 g/mol. The van der Waals surface area contributed by atoms with Gasteiger partial charge in [0.15, 0.2) is 5.58 Å². The van der Waals surface area contributed by atoms with Crippen LogP contribution < -0.4 is 11.1 Å². The van der Waals surface area contributed by atoms with E-state index in [1.165, 1.54) is 4.57 Å². The number of thiazole rings is 1. The van der Waals surface area contributed by atoms with Gasteiger partial charge in [-0.2, -0.15) is 0 Å². The number of rotatable bonds is 5. The Morgan fingerprint density at radius 1 is 1.22 bits per heavy atom. The normalized spacial score (nSPS) is 11.0. The van der Waals surface area contributed by atoms with Crippen molar-refractivity contribution in [2.24, 2.45) is 7.05 Å². The van der Waals surface area contributed by atoms with Gasteiger partial charge in [0.25, 0.3) is 0 Å². The maximum Gasteiger partial charge on any atom is 0.419 e. The molecule has 0 radical (unpaired) electrons. The number of oxazole rings is 1. The quantitative estimate of drug-likeness (QED) is 0.572. The first kappa shape index (κ1) is 17.2. The molecule has 136 valence electrons. The monoisotopic (exact) mass is 379 g/mol. The van der Waals surface area contributed by atoms with Crippen LogP contribution in [0.25, 0.3) is 22.4 Å². The molecule has 0 unspecified atom stereocenters. The lowest BCUT2D eigenvalue weighted by molar-refractivity contribution is -0.116. The second-order valence-corrected chi connectivity index (χ2v) is 7.09. The van der Waals surface area contributed by atoms with Crippen molar-refractivity contribution < 1.29 is 9.21 Å². The van der Waals surface area contributed by atoms with Gasteiger partial charge in [0.1, 0.15) is 0 Å². The van der Waals surface area contributed by atoms with Gasteiger partial charge in [-0.25, -0.2) is 9.78 Å². The van der Waals surface area contributed by atoms with Gasteiger partial charge >= 0.3 is 5.76 Å². The zero-order valence-corrected chi connectivity index (χ0v) is 15.5. The first-order valence-corrected chi connectivity index (χ1v) is 9.37. The van der Waals surface area contributed by atoms with Crippen molar-refractivity contribution in [3.05, 3.63) is 69.5 Å². The minimum absolute atomic E-state index is 0.107. The summed E-state index contributed by atoms with van der Waals surface area (Å²) >= 11 is 1.56.